The van der Waals surface area contributed by atoms with Gasteiger partial charge in [0.1, 0.15) is 17.3 Å². The molecule has 0 aliphatic carbocycles. The van der Waals surface area contributed by atoms with E-state index in [2.05, 4.69) is 15.0 Å². The van der Waals surface area contributed by atoms with Gasteiger partial charge in [-0.05, 0) is 35.1 Å². The Bertz CT molecular complexity index is 902. The summed E-state index contributed by atoms with van der Waals surface area (Å²) in [6.07, 6.45) is 3.04. The van der Waals surface area contributed by atoms with Crippen molar-refractivity contribution in [2.45, 2.75) is 0 Å². The molecular weight excluding hydrogens is 284 g/mol. The minimum atomic E-state index is 0.160. The quantitative estimate of drug-likeness (QED) is 0.500. The van der Waals surface area contributed by atoms with Crippen molar-refractivity contribution in [2.24, 2.45) is 4.99 Å². The second-order valence-electron chi connectivity index (χ2n) is 4.50. The molecule has 21 heavy (non-hydrogen) atoms. The van der Waals surface area contributed by atoms with Crippen molar-refractivity contribution in [3.05, 3.63) is 52.9 Å². The molecule has 0 fully saturated rings. The average Bonchev–Trinajstić information content (AvgIpc) is 2.46. The van der Waals surface area contributed by atoms with Gasteiger partial charge in [-0.25, -0.2) is 4.98 Å². The standard InChI is InChI=1S/C15H12N4OS/c16-14-12(8-18-15(21)19-14)17-7-11-5-9-3-1-2-4-10(9)6-13(11)20/h1-8,20H,(H3,16,18,19,21). The number of fused-ring (bicyclic) bond motifs is 1. The summed E-state index contributed by atoms with van der Waals surface area (Å²) in [6, 6.07) is 11.4. The summed E-state index contributed by atoms with van der Waals surface area (Å²) in [6.45, 7) is 0. The zero-order valence-corrected chi connectivity index (χ0v) is 11.8. The molecule has 0 spiro atoms. The molecule has 1 heterocycles. The Hall–Kier alpha value is -2.73. The van der Waals surface area contributed by atoms with Crippen LogP contribution in [0.3, 0.4) is 0 Å². The third kappa shape index (κ3) is 2.75. The van der Waals surface area contributed by atoms with E-state index in [-0.39, 0.29) is 5.75 Å². The summed E-state index contributed by atoms with van der Waals surface area (Å²) < 4.78 is 0.306. The highest BCUT2D eigenvalue weighted by molar-refractivity contribution is 7.71. The smallest absolute Gasteiger partial charge is 0.198 e. The zero-order chi connectivity index (χ0) is 14.8. The first-order chi connectivity index (χ1) is 10.1. The van der Waals surface area contributed by atoms with Crippen LogP contribution in [0, 0.1) is 4.77 Å². The predicted molar refractivity (Wildman–Crippen MR) is 86.7 cm³/mol. The number of aromatic amines is 1. The molecule has 0 amide bonds. The normalized spacial score (nSPS) is 11.2. The lowest BCUT2D eigenvalue weighted by molar-refractivity contribution is 0.475. The number of nitrogens with zero attached hydrogens (tertiary/aromatic N) is 2. The monoisotopic (exact) mass is 296 g/mol. The first-order valence-electron chi connectivity index (χ1n) is 6.24. The molecule has 3 rings (SSSR count). The number of nitrogens with one attached hydrogen (secondary N) is 1. The molecule has 1 aromatic heterocycles. The van der Waals surface area contributed by atoms with Crippen LogP contribution in [-0.2, 0) is 0 Å². The molecule has 0 radical (unpaired) electrons. The van der Waals surface area contributed by atoms with Crippen molar-refractivity contribution in [3.8, 4) is 5.75 Å². The number of nitrogen functional groups attached to an aromatic ring is 1. The van der Waals surface area contributed by atoms with Gasteiger partial charge in [-0.3, -0.25) is 4.99 Å². The van der Waals surface area contributed by atoms with Gasteiger partial charge in [0.2, 0.25) is 0 Å². The largest absolute Gasteiger partial charge is 0.507 e. The number of hydrogen-bond donors (Lipinski definition) is 3. The van der Waals surface area contributed by atoms with E-state index in [0.717, 1.165) is 10.8 Å². The van der Waals surface area contributed by atoms with Crippen LogP contribution in [-0.4, -0.2) is 21.3 Å². The molecule has 2 aromatic carbocycles. The summed E-state index contributed by atoms with van der Waals surface area (Å²) in [5.74, 6) is 0.499. The SMILES string of the molecule is Nc1[nH]c(=S)ncc1N=Cc1cc2ccccc2cc1O. The van der Waals surface area contributed by atoms with Crippen LogP contribution in [0.4, 0.5) is 11.5 Å². The first kappa shape index (κ1) is 13.3. The molecule has 0 aliphatic rings. The number of aromatic hydroxyl groups is 1. The lowest BCUT2D eigenvalue weighted by Gasteiger charge is -2.03. The van der Waals surface area contributed by atoms with Gasteiger partial charge < -0.3 is 15.8 Å². The lowest BCUT2D eigenvalue weighted by atomic mass is 10.1. The third-order valence-corrected chi connectivity index (χ3v) is 3.27. The molecule has 5 nitrogen and oxygen atoms in total. The highest BCUT2D eigenvalue weighted by Gasteiger charge is 2.02. The van der Waals surface area contributed by atoms with E-state index >= 15 is 0 Å². The molecular formula is C15H12N4OS. The molecule has 6 heteroatoms. The molecule has 4 N–H and O–H groups in total. The molecule has 0 bridgehead atoms. The lowest BCUT2D eigenvalue weighted by Crippen LogP contribution is -1.93. The Balaban J connectivity index is 2.02. The molecule has 0 saturated carbocycles. The summed E-state index contributed by atoms with van der Waals surface area (Å²) in [7, 11) is 0. The van der Waals surface area contributed by atoms with E-state index in [1.165, 1.54) is 6.20 Å². The highest BCUT2D eigenvalue weighted by Crippen LogP contribution is 2.25. The maximum atomic E-state index is 10.0. The first-order valence-corrected chi connectivity index (χ1v) is 6.65. The number of nitrogens with two attached hydrogens (primary N) is 1. The van der Waals surface area contributed by atoms with E-state index in [9.17, 15) is 5.11 Å². The van der Waals surface area contributed by atoms with Crippen LogP contribution in [0.2, 0.25) is 0 Å². The Morgan fingerprint density at radius 1 is 1.24 bits per heavy atom. The van der Waals surface area contributed by atoms with Gasteiger partial charge in [0.15, 0.2) is 4.77 Å². The summed E-state index contributed by atoms with van der Waals surface area (Å²) in [5.41, 5.74) is 6.85. The van der Waals surface area contributed by atoms with Crippen LogP contribution in [0.25, 0.3) is 10.8 Å². The number of aromatic nitrogens is 2. The fourth-order valence-electron chi connectivity index (χ4n) is 1.99. The van der Waals surface area contributed by atoms with Crippen LogP contribution in [0.1, 0.15) is 5.56 Å². The second-order valence-corrected chi connectivity index (χ2v) is 4.89. The number of rotatable bonds is 2. The number of H-pyrrole nitrogens is 1. The summed E-state index contributed by atoms with van der Waals surface area (Å²) in [5, 5.41) is 12.0. The Labute approximate surface area is 125 Å². The predicted octanol–water partition coefficient (Wildman–Crippen LogP) is 3.33. The van der Waals surface area contributed by atoms with Gasteiger partial charge in [0, 0.05) is 11.8 Å². The average molecular weight is 296 g/mol. The van der Waals surface area contributed by atoms with Crippen molar-refractivity contribution >= 4 is 40.7 Å². The zero-order valence-electron chi connectivity index (χ0n) is 10.9. The number of hydrogen-bond acceptors (Lipinski definition) is 5. The van der Waals surface area contributed by atoms with E-state index in [1.807, 2.05) is 30.3 Å². The number of phenols is 1. The van der Waals surface area contributed by atoms with Gasteiger partial charge in [-0.15, -0.1) is 0 Å². The van der Waals surface area contributed by atoms with Crippen LogP contribution < -0.4 is 5.73 Å². The Kier molecular flexibility index (Phi) is 3.37. The fraction of sp³-hybridized carbons (Fsp3) is 0. The molecule has 104 valence electrons. The van der Waals surface area contributed by atoms with E-state index in [1.54, 1.807) is 12.3 Å². The van der Waals surface area contributed by atoms with Gasteiger partial charge in [-0.2, -0.15) is 0 Å². The summed E-state index contributed by atoms with van der Waals surface area (Å²) >= 11 is 4.87. The Morgan fingerprint density at radius 2 is 1.95 bits per heavy atom. The van der Waals surface area contributed by atoms with E-state index in [0.29, 0.717) is 21.8 Å². The molecule has 0 atom stereocenters. The molecule has 0 aliphatic heterocycles. The van der Waals surface area contributed by atoms with Gasteiger partial charge in [-0.1, -0.05) is 24.3 Å². The third-order valence-electron chi connectivity index (χ3n) is 3.06. The second kappa shape index (κ2) is 5.34. The maximum absolute atomic E-state index is 10.0. The van der Waals surface area contributed by atoms with Gasteiger partial charge in [0.25, 0.3) is 0 Å². The number of benzene rings is 2. The number of aliphatic imine (C=N–C) groups is 1. The highest BCUT2D eigenvalue weighted by atomic mass is 32.1. The Morgan fingerprint density at radius 3 is 2.67 bits per heavy atom. The van der Waals surface area contributed by atoms with Crippen molar-refractivity contribution in [2.75, 3.05) is 5.73 Å². The number of anilines is 1. The van der Waals surface area contributed by atoms with E-state index in [4.69, 9.17) is 18.0 Å². The van der Waals surface area contributed by atoms with Crippen LogP contribution >= 0.6 is 12.2 Å². The van der Waals surface area contributed by atoms with Crippen molar-refractivity contribution in [3.63, 3.8) is 0 Å². The fourth-order valence-corrected chi connectivity index (χ4v) is 2.15. The van der Waals surface area contributed by atoms with Crippen molar-refractivity contribution in [1.82, 2.24) is 9.97 Å². The van der Waals surface area contributed by atoms with E-state index < -0.39 is 0 Å². The van der Waals surface area contributed by atoms with Crippen LogP contribution in [0.15, 0.2) is 47.6 Å². The number of phenolic OH excluding ortho intramolecular Hbond substituents is 1. The minimum absolute atomic E-state index is 0.160. The topological polar surface area (TPSA) is 87.3 Å². The van der Waals surface area contributed by atoms with Gasteiger partial charge in [0.05, 0.1) is 6.20 Å². The molecule has 0 unspecified atom stereocenters. The van der Waals surface area contributed by atoms with Gasteiger partial charge >= 0.3 is 0 Å². The minimum Gasteiger partial charge on any atom is -0.507 e. The van der Waals surface area contributed by atoms with Crippen molar-refractivity contribution in [1.29, 1.82) is 0 Å². The molecule has 3 aromatic rings. The summed E-state index contributed by atoms with van der Waals surface area (Å²) in [4.78, 5) is 10.9. The molecule has 0 saturated heterocycles. The van der Waals surface area contributed by atoms with Crippen LogP contribution in [0.5, 0.6) is 5.75 Å². The maximum Gasteiger partial charge on any atom is 0.198 e. The van der Waals surface area contributed by atoms with Crippen molar-refractivity contribution < 1.29 is 5.11 Å².